The number of hydrogen-bond acceptors (Lipinski definition) is 5. The van der Waals surface area contributed by atoms with Gasteiger partial charge in [-0.05, 0) is 56.5 Å². The van der Waals surface area contributed by atoms with Crippen molar-refractivity contribution in [2.75, 3.05) is 19.6 Å². The maximum Gasteiger partial charge on any atom is 0.326 e. The summed E-state index contributed by atoms with van der Waals surface area (Å²) >= 11 is 0. The average Bonchev–Trinajstić information content (AvgIpc) is 2.55. The van der Waals surface area contributed by atoms with Gasteiger partial charge >= 0.3 is 5.69 Å². The minimum absolute atomic E-state index is 0. The van der Waals surface area contributed by atoms with E-state index in [-0.39, 0.29) is 22.7 Å². The number of halogens is 1. The van der Waals surface area contributed by atoms with Crippen molar-refractivity contribution < 1.29 is 8.42 Å². The van der Waals surface area contributed by atoms with Gasteiger partial charge in [-0.3, -0.25) is 9.78 Å². The zero-order valence-corrected chi connectivity index (χ0v) is 15.1. The number of H-pyrrole nitrogens is 2. The molecule has 138 valence electrons. The van der Waals surface area contributed by atoms with Crippen molar-refractivity contribution in [3.05, 3.63) is 39.0 Å². The van der Waals surface area contributed by atoms with Gasteiger partial charge in [0.15, 0.2) is 0 Å². The van der Waals surface area contributed by atoms with E-state index in [0.29, 0.717) is 18.0 Å². The summed E-state index contributed by atoms with van der Waals surface area (Å²) in [7, 11) is -3.69. The lowest BCUT2D eigenvalue weighted by Gasteiger charge is -2.22. The summed E-state index contributed by atoms with van der Waals surface area (Å²) in [5.74, 6) is 0.478. The van der Waals surface area contributed by atoms with Crippen LogP contribution in [-0.4, -0.2) is 38.0 Å². The fourth-order valence-corrected chi connectivity index (χ4v) is 4.04. The van der Waals surface area contributed by atoms with Crippen LogP contribution in [0.5, 0.6) is 0 Å². The molecule has 4 N–H and O–H groups in total. The Hall–Kier alpha value is -1.68. The van der Waals surface area contributed by atoms with Crippen molar-refractivity contribution in [3.63, 3.8) is 0 Å². The van der Waals surface area contributed by atoms with Crippen LogP contribution in [0.2, 0.25) is 0 Å². The molecule has 8 nitrogen and oxygen atoms in total. The second-order valence-electron chi connectivity index (χ2n) is 6.01. The average molecular weight is 389 g/mol. The standard InChI is InChI=1S/C15H20N4O4S.ClH/c20-14-12-8-11(3-4-13(12)18-15(21)19-14)24(22,23)17-7-5-10-2-1-6-16-9-10;/h3-4,8,10,16-17H,1-2,5-7,9H2,(H2,18,19,20,21);1H. The van der Waals surface area contributed by atoms with Crippen LogP contribution < -0.4 is 21.3 Å². The van der Waals surface area contributed by atoms with Gasteiger partial charge in [-0.1, -0.05) is 0 Å². The summed E-state index contributed by atoms with van der Waals surface area (Å²) in [6.07, 6.45) is 2.99. The number of fused-ring (bicyclic) bond motifs is 1. The lowest BCUT2D eigenvalue weighted by atomic mass is 9.96. The van der Waals surface area contributed by atoms with Gasteiger partial charge in [-0.15, -0.1) is 12.4 Å². The Kier molecular flexibility index (Phi) is 6.39. The first kappa shape index (κ1) is 19.6. The molecule has 0 spiro atoms. The van der Waals surface area contributed by atoms with Crippen LogP contribution in [0.1, 0.15) is 19.3 Å². The van der Waals surface area contributed by atoms with E-state index < -0.39 is 21.3 Å². The SMILES string of the molecule is Cl.O=c1[nH]c(=O)c2cc(S(=O)(=O)NCCC3CCCNC3)ccc2[nH]1. The molecule has 1 aliphatic rings. The third-order valence-corrected chi connectivity index (χ3v) is 5.72. The Balaban J connectivity index is 0.00000225. The fraction of sp³-hybridized carbons (Fsp3) is 0.467. The van der Waals surface area contributed by atoms with E-state index in [0.717, 1.165) is 32.4 Å². The van der Waals surface area contributed by atoms with Crippen LogP contribution in [0.15, 0.2) is 32.7 Å². The number of hydrogen-bond donors (Lipinski definition) is 4. The Morgan fingerprint density at radius 2 is 2.00 bits per heavy atom. The Morgan fingerprint density at radius 1 is 1.20 bits per heavy atom. The van der Waals surface area contributed by atoms with E-state index in [4.69, 9.17) is 0 Å². The minimum Gasteiger partial charge on any atom is -0.316 e. The topological polar surface area (TPSA) is 124 Å². The van der Waals surface area contributed by atoms with Crippen LogP contribution >= 0.6 is 12.4 Å². The van der Waals surface area contributed by atoms with Crippen molar-refractivity contribution in [2.45, 2.75) is 24.2 Å². The van der Waals surface area contributed by atoms with Gasteiger partial charge in [0.2, 0.25) is 10.0 Å². The summed E-state index contributed by atoms with van der Waals surface area (Å²) in [5, 5.41) is 3.43. The summed E-state index contributed by atoms with van der Waals surface area (Å²) in [4.78, 5) is 27.6. The highest BCUT2D eigenvalue weighted by atomic mass is 35.5. The van der Waals surface area contributed by atoms with Crippen LogP contribution in [0.3, 0.4) is 0 Å². The molecule has 0 bridgehead atoms. The number of rotatable bonds is 5. The Morgan fingerprint density at radius 3 is 2.72 bits per heavy atom. The molecule has 1 unspecified atom stereocenters. The van der Waals surface area contributed by atoms with Crippen LogP contribution in [0, 0.1) is 5.92 Å². The van der Waals surface area contributed by atoms with E-state index >= 15 is 0 Å². The first-order valence-corrected chi connectivity index (χ1v) is 9.41. The predicted octanol–water partition coefficient (Wildman–Crippen LogP) is 0.306. The van der Waals surface area contributed by atoms with Gasteiger partial charge in [0.25, 0.3) is 5.56 Å². The van der Waals surface area contributed by atoms with Crippen molar-refractivity contribution in [1.82, 2.24) is 20.0 Å². The highest BCUT2D eigenvalue weighted by molar-refractivity contribution is 7.89. The molecule has 3 rings (SSSR count). The lowest BCUT2D eigenvalue weighted by molar-refractivity contribution is 0.358. The maximum atomic E-state index is 12.4. The number of aromatic nitrogens is 2. The summed E-state index contributed by atoms with van der Waals surface area (Å²) in [5.41, 5.74) is -0.933. The van der Waals surface area contributed by atoms with Gasteiger partial charge in [0.05, 0.1) is 15.8 Å². The van der Waals surface area contributed by atoms with Crippen LogP contribution in [-0.2, 0) is 10.0 Å². The van der Waals surface area contributed by atoms with E-state index in [1.54, 1.807) is 0 Å². The molecule has 1 aliphatic heterocycles. The van der Waals surface area contributed by atoms with Gasteiger partial charge in [0.1, 0.15) is 0 Å². The lowest BCUT2D eigenvalue weighted by Crippen LogP contribution is -2.33. The van der Waals surface area contributed by atoms with Crippen LogP contribution in [0.25, 0.3) is 10.9 Å². The molecule has 1 fully saturated rings. The first-order chi connectivity index (χ1) is 11.5. The van der Waals surface area contributed by atoms with Crippen molar-refractivity contribution >= 4 is 33.3 Å². The van der Waals surface area contributed by atoms with Crippen molar-refractivity contribution in [3.8, 4) is 0 Å². The highest BCUT2D eigenvalue weighted by Gasteiger charge is 2.17. The second-order valence-corrected chi connectivity index (χ2v) is 7.78. The molecule has 1 atom stereocenters. The van der Waals surface area contributed by atoms with Gasteiger partial charge in [-0.25, -0.2) is 17.9 Å². The number of benzene rings is 1. The maximum absolute atomic E-state index is 12.4. The molecule has 0 amide bonds. The summed E-state index contributed by atoms with van der Waals surface area (Å²) < 4.78 is 27.3. The van der Waals surface area contributed by atoms with Gasteiger partial charge < -0.3 is 10.3 Å². The molecular formula is C15H21ClN4O4S. The number of sulfonamides is 1. The zero-order chi connectivity index (χ0) is 17.2. The monoisotopic (exact) mass is 388 g/mol. The third-order valence-electron chi connectivity index (χ3n) is 4.26. The molecule has 1 saturated heterocycles. The number of aromatic amines is 2. The predicted molar refractivity (Wildman–Crippen MR) is 97.8 cm³/mol. The van der Waals surface area contributed by atoms with E-state index in [1.165, 1.54) is 18.2 Å². The zero-order valence-electron chi connectivity index (χ0n) is 13.5. The largest absolute Gasteiger partial charge is 0.326 e. The minimum atomic E-state index is -3.69. The third kappa shape index (κ3) is 4.69. The van der Waals surface area contributed by atoms with E-state index in [9.17, 15) is 18.0 Å². The Bertz CT molecular complexity index is 948. The highest BCUT2D eigenvalue weighted by Crippen LogP contribution is 2.16. The fourth-order valence-electron chi connectivity index (χ4n) is 2.96. The first-order valence-electron chi connectivity index (χ1n) is 7.92. The summed E-state index contributed by atoms with van der Waals surface area (Å²) in [6.45, 7) is 2.30. The molecule has 1 aromatic heterocycles. The number of nitrogens with one attached hydrogen (secondary N) is 4. The van der Waals surface area contributed by atoms with Crippen LogP contribution in [0.4, 0.5) is 0 Å². The quantitative estimate of drug-likeness (QED) is 0.586. The van der Waals surface area contributed by atoms with Gasteiger partial charge in [0, 0.05) is 6.54 Å². The molecule has 2 aromatic rings. The normalized spacial score (nSPS) is 18.0. The molecule has 0 saturated carbocycles. The molecule has 2 heterocycles. The molecule has 1 aromatic carbocycles. The smallest absolute Gasteiger partial charge is 0.316 e. The van der Waals surface area contributed by atoms with E-state index in [1.807, 2.05) is 0 Å². The second kappa shape index (κ2) is 8.13. The molecule has 10 heteroatoms. The van der Waals surface area contributed by atoms with Gasteiger partial charge in [-0.2, -0.15) is 0 Å². The molecular weight excluding hydrogens is 368 g/mol. The van der Waals surface area contributed by atoms with Crippen molar-refractivity contribution in [1.29, 1.82) is 0 Å². The Labute approximate surface area is 150 Å². The molecule has 0 radical (unpaired) electrons. The summed E-state index contributed by atoms with van der Waals surface area (Å²) in [6, 6.07) is 4.07. The molecule has 25 heavy (non-hydrogen) atoms. The van der Waals surface area contributed by atoms with E-state index in [2.05, 4.69) is 20.0 Å². The number of piperidine rings is 1. The van der Waals surface area contributed by atoms with Crippen molar-refractivity contribution in [2.24, 2.45) is 5.92 Å². The molecule has 0 aliphatic carbocycles.